The normalized spacial score (nSPS) is 16.0. The molecule has 1 aromatic heterocycles. The van der Waals surface area contributed by atoms with E-state index in [1.807, 2.05) is 41.4 Å². The summed E-state index contributed by atoms with van der Waals surface area (Å²) in [6.07, 6.45) is 3.64. The third-order valence-electron chi connectivity index (χ3n) is 4.17. The topological polar surface area (TPSA) is 41.4 Å². The van der Waals surface area contributed by atoms with Crippen LogP contribution in [-0.4, -0.2) is 58.2 Å². The number of hydrogen-bond acceptors (Lipinski definition) is 3. The first kappa shape index (κ1) is 15.7. The number of amides is 1. The van der Waals surface area contributed by atoms with Crippen LogP contribution in [0.5, 0.6) is 0 Å². The maximum absolute atomic E-state index is 12.6. The standard InChI is InChI=1S/C18H24N4O/c1-15(2)14-20-10-12-21(13-11-20)18(23)16-4-6-17(7-5-16)22-9-3-8-19-22/h3-9,15H,10-14H2,1-2H3. The van der Waals surface area contributed by atoms with E-state index in [9.17, 15) is 4.79 Å². The molecule has 3 rings (SSSR count). The van der Waals surface area contributed by atoms with Crippen molar-refractivity contribution >= 4 is 5.91 Å². The quantitative estimate of drug-likeness (QED) is 0.870. The zero-order chi connectivity index (χ0) is 16.2. The maximum atomic E-state index is 12.6. The van der Waals surface area contributed by atoms with Gasteiger partial charge in [0, 0.05) is 50.7 Å². The molecule has 0 saturated carbocycles. The Labute approximate surface area is 137 Å². The van der Waals surface area contributed by atoms with Crippen LogP contribution < -0.4 is 0 Å². The number of rotatable bonds is 4. The lowest BCUT2D eigenvalue weighted by Gasteiger charge is -2.35. The molecule has 0 bridgehead atoms. The number of carbonyl (C=O) groups excluding carboxylic acids is 1. The van der Waals surface area contributed by atoms with Crippen LogP contribution in [0.15, 0.2) is 42.7 Å². The van der Waals surface area contributed by atoms with Gasteiger partial charge in [0.15, 0.2) is 0 Å². The molecule has 23 heavy (non-hydrogen) atoms. The van der Waals surface area contributed by atoms with Crippen molar-refractivity contribution in [2.75, 3.05) is 32.7 Å². The summed E-state index contributed by atoms with van der Waals surface area (Å²) in [4.78, 5) is 17.0. The average Bonchev–Trinajstić information content (AvgIpc) is 3.09. The van der Waals surface area contributed by atoms with E-state index in [0.717, 1.165) is 44.0 Å². The summed E-state index contributed by atoms with van der Waals surface area (Å²) in [6, 6.07) is 9.54. The summed E-state index contributed by atoms with van der Waals surface area (Å²) in [6.45, 7) is 9.14. The van der Waals surface area contributed by atoms with Gasteiger partial charge in [-0.1, -0.05) is 13.8 Å². The zero-order valence-electron chi connectivity index (χ0n) is 13.9. The third-order valence-corrected chi connectivity index (χ3v) is 4.17. The van der Waals surface area contributed by atoms with E-state index >= 15 is 0 Å². The Bertz CT molecular complexity index is 626. The van der Waals surface area contributed by atoms with Crippen LogP contribution >= 0.6 is 0 Å². The summed E-state index contributed by atoms with van der Waals surface area (Å²) in [5.74, 6) is 0.799. The Morgan fingerprint density at radius 1 is 1.13 bits per heavy atom. The largest absolute Gasteiger partial charge is 0.336 e. The minimum absolute atomic E-state index is 0.126. The molecule has 1 aromatic carbocycles. The molecule has 0 radical (unpaired) electrons. The number of piperazine rings is 1. The third kappa shape index (κ3) is 3.79. The first-order valence-electron chi connectivity index (χ1n) is 8.25. The van der Waals surface area contributed by atoms with Gasteiger partial charge >= 0.3 is 0 Å². The molecule has 0 N–H and O–H groups in total. The molecule has 0 atom stereocenters. The van der Waals surface area contributed by atoms with Gasteiger partial charge in [-0.25, -0.2) is 4.68 Å². The minimum Gasteiger partial charge on any atom is -0.336 e. The molecule has 1 aliphatic rings. The Hall–Kier alpha value is -2.14. The van der Waals surface area contributed by atoms with Crippen molar-refractivity contribution in [3.63, 3.8) is 0 Å². The second-order valence-electron chi connectivity index (χ2n) is 6.48. The molecule has 0 spiro atoms. The minimum atomic E-state index is 0.126. The van der Waals surface area contributed by atoms with E-state index in [2.05, 4.69) is 23.8 Å². The average molecular weight is 312 g/mol. The van der Waals surface area contributed by atoms with Crippen molar-refractivity contribution in [2.45, 2.75) is 13.8 Å². The van der Waals surface area contributed by atoms with Crippen LogP contribution in [0.3, 0.4) is 0 Å². The second-order valence-corrected chi connectivity index (χ2v) is 6.48. The summed E-state index contributed by atoms with van der Waals surface area (Å²) < 4.78 is 1.79. The predicted octanol–water partition coefficient (Wildman–Crippen LogP) is 2.29. The van der Waals surface area contributed by atoms with Crippen molar-refractivity contribution < 1.29 is 4.79 Å². The van der Waals surface area contributed by atoms with Crippen molar-refractivity contribution in [1.82, 2.24) is 19.6 Å². The molecule has 1 aliphatic heterocycles. The molecule has 2 heterocycles. The van der Waals surface area contributed by atoms with Gasteiger partial charge in [0.25, 0.3) is 5.91 Å². The van der Waals surface area contributed by atoms with Crippen LogP contribution in [0, 0.1) is 5.92 Å². The van der Waals surface area contributed by atoms with Crippen molar-refractivity contribution in [3.05, 3.63) is 48.3 Å². The SMILES string of the molecule is CC(C)CN1CCN(C(=O)c2ccc(-n3cccn3)cc2)CC1. The summed E-state index contributed by atoms with van der Waals surface area (Å²) in [5.41, 5.74) is 1.71. The van der Waals surface area contributed by atoms with Gasteiger partial charge in [-0.2, -0.15) is 5.10 Å². The van der Waals surface area contributed by atoms with Crippen LogP contribution in [0.25, 0.3) is 5.69 Å². The highest BCUT2D eigenvalue weighted by atomic mass is 16.2. The lowest BCUT2D eigenvalue weighted by Crippen LogP contribution is -2.49. The molecule has 1 fully saturated rings. The van der Waals surface area contributed by atoms with Gasteiger partial charge in [0.05, 0.1) is 5.69 Å². The Morgan fingerprint density at radius 2 is 1.83 bits per heavy atom. The summed E-state index contributed by atoms with van der Waals surface area (Å²) >= 11 is 0. The Morgan fingerprint density at radius 3 is 2.39 bits per heavy atom. The molecule has 5 nitrogen and oxygen atoms in total. The predicted molar refractivity (Wildman–Crippen MR) is 90.7 cm³/mol. The number of hydrogen-bond donors (Lipinski definition) is 0. The van der Waals surface area contributed by atoms with E-state index in [4.69, 9.17) is 0 Å². The molecule has 122 valence electrons. The van der Waals surface area contributed by atoms with Gasteiger partial charge in [0.1, 0.15) is 0 Å². The van der Waals surface area contributed by atoms with Gasteiger partial charge in [-0.05, 0) is 36.2 Å². The Kier molecular flexibility index (Phi) is 4.76. The highest BCUT2D eigenvalue weighted by Crippen LogP contribution is 2.13. The van der Waals surface area contributed by atoms with Gasteiger partial charge < -0.3 is 4.90 Å². The van der Waals surface area contributed by atoms with E-state index in [1.54, 1.807) is 10.9 Å². The molecule has 1 amide bonds. The Balaban J connectivity index is 1.60. The van der Waals surface area contributed by atoms with Crippen molar-refractivity contribution in [3.8, 4) is 5.69 Å². The number of benzene rings is 1. The van der Waals surface area contributed by atoms with Crippen LogP contribution in [-0.2, 0) is 0 Å². The lowest BCUT2D eigenvalue weighted by molar-refractivity contribution is 0.0624. The summed E-state index contributed by atoms with van der Waals surface area (Å²) in [5, 5.41) is 4.20. The number of nitrogens with zero attached hydrogens (tertiary/aromatic N) is 4. The lowest BCUT2D eigenvalue weighted by atomic mass is 10.1. The molecule has 5 heteroatoms. The van der Waals surface area contributed by atoms with E-state index in [0.29, 0.717) is 5.92 Å². The first-order chi connectivity index (χ1) is 11.1. The monoisotopic (exact) mass is 312 g/mol. The van der Waals surface area contributed by atoms with Crippen LogP contribution in [0.1, 0.15) is 24.2 Å². The van der Waals surface area contributed by atoms with Crippen molar-refractivity contribution in [2.24, 2.45) is 5.92 Å². The van der Waals surface area contributed by atoms with E-state index < -0.39 is 0 Å². The fraction of sp³-hybridized carbons (Fsp3) is 0.444. The molecular formula is C18H24N4O. The molecule has 2 aromatic rings. The second kappa shape index (κ2) is 6.96. The first-order valence-corrected chi connectivity index (χ1v) is 8.25. The van der Waals surface area contributed by atoms with E-state index in [-0.39, 0.29) is 5.91 Å². The van der Waals surface area contributed by atoms with Crippen molar-refractivity contribution in [1.29, 1.82) is 0 Å². The highest BCUT2D eigenvalue weighted by Gasteiger charge is 2.22. The summed E-state index contributed by atoms with van der Waals surface area (Å²) in [7, 11) is 0. The number of aromatic nitrogens is 2. The molecule has 0 aliphatic carbocycles. The zero-order valence-corrected chi connectivity index (χ0v) is 13.9. The smallest absolute Gasteiger partial charge is 0.253 e. The molecular weight excluding hydrogens is 288 g/mol. The number of carbonyl (C=O) groups is 1. The van der Waals surface area contributed by atoms with Crippen LogP contribution in [0.2, 0.25) is 0 Å². The van der Waals surface area contributed by atoms with Crippen LogP contribution in [0.4, 0.5) is 0 Å². The van der Waals surface area contributed by atoms with E-state index in [1.165, 1.54) is 0 Å². The molecule has 1 saturated heterocycles. The van der Waals surface area contributed by atoms with Gasteiger partial charge in [0.2, 0.25) is 0 Å². The van der Waals surface area contributed by atoms with Gasteiger partial charge in [-0.3, -0.25) is 9.69 Å². The maximum Gasteiger partial charge on any atom is 0.253 e. The molecule has 0 unspecified atom stereocenters. The highest BCUT2D eigenvalue weighted by molar-refractivity contribution is 5.94. The van der Waals surface area contributed by atoms with Gasteiger partial charge in [-0.15, -0.1) is 0 Å². The fourth-order valence-corrected chi connectivity index (χ4v) is 3.01. The fourth-order valence-electron chi connectivity index (χ4n) is 3.01.